The van der Waals surface area contributed by atoms with Crippen LogP contribution in [0.2, 0.25) is 0 Å². The van der Waals surface area contributed by atoms with E-state index in [0.29, 0.717) is 5.56 Å². The Morgan fingerprint density at radius 2 is 1.52 bits per heavy atom. The van der Waals surface area contributed by atoms with Gasteiger partial charge in [0.25, 0.3) is 5.56 Å². The van der Waals surface area contributed by atoms with E-state index < -0.39 is 6.67 Å². The van der Waals surface area contributed by atoms with Gasteiger partial charge in [-0.05, 0) is 34.9 Å². The van der Waals surface area contributed by atoms with Crippen LogP contribution in [0.15, 0.2) is 77.7 Å². The zero-order valence-electron chi connectivity index (χ0n) is 11.4. The van der Waals surface area contributed by atoms with Gasteiger partial charge >= 0.3 is 0 Å². The molecular weight excluding hydrogens is 265 g/mol. The number of rotatable bonds is 3. The topological polar surface area (TPSA) is 22.0 Å². The molecule has 3 aromatic rings. The highest BCUT2D eigenvalue weighted by atomic mass is 19.1. The second-order valence-corrected chi connectivity index (χ2v) is 4.79. The number of hydrogen-bond acceptors (Lipinski definition) is 1. The lowest BCUT2D eigenvalue weighted by atomic mass is 10.1. The first kappa shape index (κ1) is 13.3. The molecule has 1 aromatic heterocycles. The smallest absolute Gasteiger partial charge is 0.255 e. The Hall–Kier alpha value is -2.68. The van der Waals surface area contributed by atoms with Crippen molar-refractivity contribution < 1.29 is 4.39 Å². The van der Waals surface area contributed by atoms with Crippen LogP contribution in [0.25, 0.3) is 16.8 Å². The number of pyridine rings is 1. The van der Waals surface area contributed by atoms with Crippen LogP contribution in [0.3, 0.4) is 0 Å². The van der Waals surface area contributed by atoms with Crippen LogP contribution in [-0.2, 0) is 6.67 Å². The van der Waals surface area contributed by atoms with Gasteiger partial charge in [0, 0.05) is 18.0 Å². The molecule has 2 aromatic carbocycles. The lowest BCUT2D eigenvalue weighted by Gasteiger charge is -2.09. The van der Waals surface area contributed by atoms with Gasteiger partial charge in [0.1, 0.15) is 6.67 Å². The third kappa shape index (κ3) is 2.77. The highest BCUT2D eigenvalue weighted by Crippen LogP contribution is 2.18. The van der Waals surface area contributed by atoms with Crippen molar-refractivity contribution in [2.24, 2.45) is 0 Å². The molecule has 0 aliphatic rings. The molecule has 2 nitrogen and oxygen atoms in total. The number of halogens is 1. The molecule has 0 saturated carbocycles. The molecule has 0 spiro atoms. The van der Waals surface area contributed by atoms with Crippen LogP contribution in [-0.4, -0.2) is 4.57 Å². The molecule has 0 amide bonds. The van der Waals surface area contributed by atoms with Crippen molar-refractivity contribution in [3.63, 3.8) is 0 Å². The lowest BCUT2D eigenvalue weighted by Crippen LogP contribution is -2.16. The van der Waals surface area contributed by atoms with E-state index in [4.69, 9.17) is 0 Å². The highest BCUT2D eigenvalue weighted by molar-refractivity contribution is 5.62. The minimum atomic E-state index is -0.501. The molecule has 1 heterocycles. The van der Waals surface area contributed by atoms with Crippen LogP contribution in [0.5, 0.6) is 0 Å². The largest absolute Gasteiger partial charge is 0.284 e. The monoisotopic (exact) mass is 279 g/mol. The van der Waals surface area contributed by atoms with Crippen molar-refractivity contribution in [2.75, 3.05) is 0 Å². The van der Waals surface area contributed by atoms with Crippen LogP contribution < -0.4 is 5.56 Å². The second kappa shape index (κ2) is 5.75. The normalized spacial score (nSPS) is 10.5. The van der Waals surface area contributed by atoms with Gasteiger partial charge in [-0.15, -0.1) is 0 Å². The minimum absolute atomic E-state index is 0.109. The van der Waals surface area contributed by atoms with Crippen molar-refractivity contribution >= 4 is 0 Å². The maximum atomic E-state index is 12.6. The van der Waals surface area contributed by atoms with Gasteiger partial charge < -0.3 is 0 Å². The Bertz CT molecular complexity index is 791. The fraction of sp³-hybridized carbons (Fsp3) is 0.0556. The lowest BCUT2D eigenvalue weighted by molar-refractivity contribution is 0.485. The Morgan fingerprint density at radius 3 is 2.19 bits per heavy atom. The highest BCUT2D eigenvalue weighted by Gasteiger charge is 2.03. The molecular formula is C18H14FNO. The SMILES string of the molecule is O=c1ccc(-c2ccccc2)cn1-c1ccc(CF)cc1. The van der Waals surface area contributed by atoms with Gasteiger partial charge in [0.05, 0.1) is 0 Å². The van der Waals surface area contributed by atoms with E-state index in [1.54, 1.807) is 34.9 Å². The van der Waals surface area contributed by atoms with E-state index in [1.165, 1.54) is 0 Å². The predicted molar refractivity (Wildman–Crippen MR) is 82.3 cm³/mol. The standard InChI is InChI=1S/C18H14FNO/c19-12-14-6-9-17(10-7-14)20-13-16(8-11-18(20)21)15-4-2-1-3-5-15/h1-11,13H,12H2. The van der Waals surface area contributed by atoms with E-state index in [2.05, 4.69) is 0 Å². The Balaban J connectivity index is 2.07. The number of hydrogen-bond donors (Lipinski definition) is 0. The molecule has 0 atom stereocenters. The molecule has 104 valence electrons. The summed E-state index contributed by atoms with van der Waals surface area (Å²) >= 11 is 0. The molecule has 0 saturated heterocycles. The van der Waals surface area contributed by atoms with Gasteiger partial charge in [-0.25, -0.2) is 4.39 Å². The number of aromatic nitrogens is 1. The number of benzene rings is 2. The molecule has 0 fully saturated rings. The average molecular weight is 279 g/mol. The minimum Gasteiger partial charge on any atom is -0.284 e. The summed E-state index contributed by atoms with van der Waals surface area (Å²) in [6.45, 7) is -0.501. The molecule has 0 radical (unpaired) electrons. The van der Waals surface area contributed by atoms with E-state index >= 15 is 0 Å². The van der Waals surface area contributed by atoms with Gasteiger partial charge in [0.2, 0.25) is 0 Å². The molecule has 3 rings (SSSR count). The maximum Gasteiger partial charge on any atom is 0.255 e. The Morgan fingerprint density at radius 1 is 0.810 bits per heavy atom. The van der Waals surface area contributed by atoms with Crippen molar-refractivity contribution in [3.8, 4) is 16.8 Å². The summed E-state index contributed by atoms with van der Waals surface area (Å²) in [5.41, 5.74) is 3.24. The summed E-state index contributed by atoms with van der Waals surface area (Å²) in [5, 5.41) is 0. The van der Waals surface area contributed by atoms with Crippen LogP contribution in [0.4, 0.5) is 4.39 Å². The van der Waals surface area contributed by atoms with E-state index in [1.807, 2.05) is 42.6 Å². The van der Waals surface area contributed by atoms with Gasteiger partial charge in [-0.2, -0.15) is 0 Å². The molecule has 21 heavy (non-hydrogen) atoms. The second-order valence-electron chi connectivity index (χ2n) is 4.79. The molecule has 0 aliphatic heterocycles. The van der Waals surface area contributed by atoms with E-state index in [9.17, 15) is 9.18 Å². The van der Waals surface area contributed by atoms with Gasteiger partial charge in [-0.3, -0.25) is 9.36 Å². The first-order valence-corrected chi connectivity index (χ1v) is 6.71. The summed E-state index contributed by atoms with van der Waals surface area (Å²) in [4.78, 5) is 12.0. The summed E-state index contributed by atoms with van der Waals surface area (Å²) in [6, 6.07) is 20.1. The summed E-state index contributed by atoms with van der Waals surface area (Å²) < 4.78 is 14.1. The third-order valence-electron chi connectivity index (χ3n) is 3.39. The van der Waals surface area contributed by atoms with Crippen molar-refractivity contribution in [3.05, 3.63) is 88.8 Å². The number of nitrogens with zero attached hydrogens (tertiary/aromatic N) is 1. The third-order valence-corrected chi connectivity index (χ3v) is 3.39. The molecule has 0 N–H and O–H groups in total. The fourth-order valence-corrected chi connectivity index (χ4v) is 2.24. The van der Waals surface area contributed by atoms with Crippen LogP contribution >= 0.6 is 0 Å². The Kier molecular flexibility index (Phi) is 3.65. The first-order chi connectivity index (χ1) is 10.3. The maximum absolute atomic E-state index is 12.6. The van der Waals surface area contributed by atoms with E-state index in [0.717, 1.165) is 16.8 Å². The van der Waals surface area contributed by atoms with Gasteiger partial charge in [0.15, 0.2) is 0 Å². The fourth-order valence-electron chi connectivity index (χ4n) is 2.24. The Labute approximate surface area is 122 Å². The number of alkyl halides is 1. The van der Waals surface area contributed by atoms with Crippen molar-refractivity contribution in [1.29, 1.82) is 0 Å². The summed E-state index contributed by atoms with van der Waals surface area (Å²) in [5.74, 6) is 0. The van der Waals surface area contributed by atoms with Crippen molar-refractivity contribution in [2.45, 2.75) is 6.67 Å². The first-order valence-electron chi connectivity index (χ1n) is 6.71. The van der Waals surface area contributed by atoms with Crippen molar-refractivity contribution in [1.82, 2.24) is 4.57 Å². The molecule has 0 unspecified atom stereocenters. The molecule has 0 bridgehead atoms. The quantitative estimate of drug-likeness (QED) is 0.711. The average Bonchev–Trinajstić information content (AvgIpc) is 2.56. The zero-order chi connectivity index (χ0) is 14.7. The predicted octanol–water partition coefficient (Wildman–Crippen LogP) is 3.97. The van der Waals surface area contributed by atoms with E-state index in [-0.39, 0.29) is 5.56 Å². The molecule has 3 heteroatoms. The van der Waals surface area contributed by atoms with Crippen LogP contribution in [0.1, 0.15) is 5.56 Å². The zero-order valence-corrected chi connectivity index (χ0v) is 11.4. The summed E-state index contributed by atoms with van der Waals surface area (Å²) in [7, 11) is 0. The summed E-state index contributed by atoms with van der Waals surface area (Å²) in [6.07, 6.45) is 1.81. The van der Waals surface area contributed by atoms with Crippen LogP contribution in [0, 0.1) is 0 Å². The molecule has 0 aliphatic carbocycles. The van der Waals surface area contributed by atoms with Gasteiger partial charge in [-0.1, -0.05) is 42.5 Å².